The van der Waals surface area contributed by atoms with Crippen LogP contribution >= 0.6 is 0 Å². The van der Waals surface area contributed by atoms with Crippen molar-refractivity contribution < 1.29 is 11.3 Å². The Balaban J connectivity index is 3.15. The van der Waals surface area contributed by atoms with Crippen LogP contribution in [0.2, 0.25) is 0 Å². The Hall–Kier alpha value is -1.57. The predicted octanol–water partition coefficient (Wildman–Crippen LogP) is 2.56. The maximum atomic E-state index is 10.8. The highest BCUT2D eigenvalue weighted by molar-refractivity contribution is 5.91. The summed E-state index contributed by atoms with van der Waals surface area (Å²) in [4.78, 5) is 10.8. The lowest BCUT2D eigenvalue weighted by Crippen LogP contribution is -1.98. The highest BCUT2D eigenvalue weighted by Gasteiger charge is 2.02. The number of hydrogen-bond acceptors (Lipinski definition) is 1. The van der Waals surface area contributed by atoms with E-state index in [9.17, 15) is 4.79 Å². The summed E-state index contributed by atoms with van der Waals surface area (Å²) >= 11 is 0. The van der Waals surface area contributed by atoms with Crippen LogP contribution < -0.4 is 0 Å². The fourth-order valence-electron chi connectivity index (χ4n) is 0.989. The molecule has 0 fully saturated rings. The van der Waals surface area contributed by atoms with Crippen molar-refractivity contribution in [2.45, 2.75) is 13.3 Å². The van der Waals surface area contributed by atoms with E-state index in [1.165, 1.54) is 0 Å². The molecule has 0 heterocycles. The summed E-state index contributed by atoms with van der Waals surface area (Å²) in [5.41, 5.74) is 0.794. The molecule has 0 aliphatic carbocycles. The minimum atomic E-state index is -1.01. The van der Waals surface area contributed by atoms with E-state index in [0.29, 0.717) is 12.0 Å². The van der Waals surface area contributed by atoms with Gasteiger partial charge < -0.3 is 5.11 Å². The molecule has 1 N–H and O–H groups in total. The smallest absolute Gasteiger partial charge is 0.331 e. The van der Waals surface area contributed by atoms with Crippen LogP contribution in [0.5, 0.6) is 0 Å². The van der Waals surface area contributed by atoms with E-state index in [2.05, 4.69) is 0 Å². The third-order valence-corrected chi connectivity index (χ3v) is 1.68. The van der Waals surface area contributed by atoms with Crippen molar-refractivity contribution in [1.82, 2.24) is 0 Å². The van der Waals surface area contributed by atoms with Crippen LogP contribution in [-0.4, -0.2) is 11.1 Å². The van der Waals surface area contributed by atoms with Gasteiger partial charge in [0.1, 0.15) is 0 Å². The summed E-state index contributed by atoms with van der Waals surface area (Å²) < 4.78 is 7.70. The number of carboxylic acids is 1. The average Bonchev–Trinajstić information content (AvgIpc) is 2.19. The van der Waals surface area contributed by atoms with Gasteiger partial charge in [0.25, 0.3) is 0 Å². The first-order valence-electron chi connectivity index (χ1n) is 4.65. The van der Waals surface area contributed by atoms with Crippen molar-refractivity contribution >= 4 is 12.0 Å². The molecule has 0 atom stereocenters. The molecule has 0 aliphatic heterocycles. The summed E-state index contributed by atoms with van der Waals surface area (Å²) in [6.45, 7) is 1.74. The van der Waals surface area contributed by atoms with Crippen molar-refractivity contribution in [1.29, 1.82) is 0 Å². The van der Waals surface area contributed by atoms with Gasteiger partial charge in [-0.05, 0) is 18.0 Å². The van der Waals surface area contributed by atoms with E-state index in [1.807, 2.05) is 6.07 Å². The summed E-state index contributed by atoms with van der Waals surface area (Å²) in [6.07, 6.45) is 0.364. The third kappa shape index (κ3) is 2.75. The van der Waals surface area contributed by atoms with Crippen molar-refractivity contribution in [3.8, 4) is 0 Å². The second-order valence-electron chi connectivity index (χ2n) is 2.63. The Morgan fingerprint density at radius 1 is 1.54 bits per heavy atom. The van der Waals surface area contributed by atoms with Crippen molar-refractivity contribution in [3.63, 3.8) is 0 Å². The van der Waals surface area contributed by atoms with Gasteiger partial charge in [-0.2, -0.15) is 0 Å². The minimum Gasteiger partial charge on any atom is -0.478 e. The molecule has 68 valence electrons. The van der Waals surface area contributed by atoms with Crippen molar-refractivity contribution in [2.75, 3.05) is 0 Å². The maximum absolute atomic E-state index is 10.8. The van der Waals surface area contributed by atoms with E-state index in [1.54, 1.807) is 31.2 Å². The Morgan fingerprint density at radius 3 is 2.62 bits per heavy atom. The molecule has 0 unspecified atom stereocenters. The first-order valence-corrected chi connectivity index (χ1v) is 4.15. The van der Waals surface area contributed by atoms with E-state index in [4.69, 9.17) is 6.48 Å². The summed E-state index contributed by atoms with van der Waals surface area (Å²) in [6, 6.07) is 8.99. The van der Waals surface area contributed by atoms with Crippen LogP contribution in [0.1, 0.15) is 20.3 Å². The largest absolute Gasteiger partial charge is 0.478 e. The quantitative estimate of drug-likeness (QED) is 0.720. The van der Waals surface area contributed by atoms with Gasteiger partial charge in [-0.15, -0.1) is 0 Å². The molecule has 0 spiro atoms. The van der Waals surface area contributed by atoms with Gasteiger partial charge in [0.05, 0.1) is 1.37 Å². The molecule has 0 aromatic heterocycles. The molecular formula is C11H12O2. The lowest BCUT2D eigenvalue weighted by Gasteiger charge is -1.97. The molecule has 0 saturated carbocycles. The molecule has 0 amide bonds. The lowest BCUT2D eigenvalue weighted by molar-refractivity contribution is -0.132. The Kier molecular flexibility index (Phi) is 2.76. The summed E-state index contributed by atoms with van der Waals surface area (Å²) in [5, 5.41) is 8.83. The van der Waals surface area contributed by atoms with Crippen molar-refractivity contribution in [2.24, 2.45) is 0 Å². The molecule has 13 heavy (non-hydrogen) atoms. The highest BCUT2D eigenvalue weighted by atomic mass is 16.4. The van der Waals surface area contributed by atoms with Gasteiger partial charge in [0.2, 0.25) is 0 Å². The Bertz CT molecular complexity index is 355. The van der Waals surface area contributed by atoms with E-state index < -0.39 is 5.97 Å². The number of carboxylic acid groups (broad SMARTS) is 1. The van der Waals surface area contributed by atoms with Crippen LogP contribution in [0.3, 0.4) is 0 Å². The zero-order chi connectivity index (χ0) is 10.6. The van der Waals surface area contributed by atoms with Crippen LogP contribution in [0, 0.1) is 0 Å². The number of benzene rings is 1. The minimum absolute atomic E-state index is 0.0978. The Labute approximate surface area is 78.9 Å². The third-order valence-electron chi connectivity index (χ3n) is 1.68. The second-order valence-corrected chi connectivity index (χ2v) is 2.63. The topological polar surface area (TPSA) is 37.3 Å². The summed E-state index contributed by atoms with van der Waals surface area (Å²) in [7, 11) is 0. The molecule has 2 nitrogen and oxygen atoms in total. The van der Waals surface area contributed by atoms with Gasteiger partial charge in [0.15, 0.2) is 0 Å². The highest BCUT2D eigenvalue weighted by Crippen LogP contribution is 2.09. The maximum Gasteiger partial charge on any atom is 0.331 e. The predicted molar refractivity (Wildman–Crippen MR) is 52.3 cm³/mol. The van der Waals surface area contributed by atoms with Gasteiger partial charge in [0, 0.05) is 5.57 Å². The molecule has 0 aliphatic rings. The normalized spacial score (nSPS) is 13.2. The molecule has 0 saturated heterocycles. The fourth-order valence-corrected chi connectivity index (χ4v) is 0.989. The second kappa shape index (κ2) is 4.45. The summed E-state index contributed by atoms with van der Waals surface area (Å²) in [5.74, 6) is -1.01. The van der Waals surface area contributed by atoms with E-state index >= 15 is 0 Å². The van der Waals surface area contributed by atoms with Gasteiger partial charge in [-0.25, -0.2) is 4.79 Å². The van der Waals surface area contributed by atoms with Crippen LogP contribution in [0.4, 0.5) is 0 Å². The Morgan fingerprint density at radius 2 is 2.15 bits per heavy atom. The van der Waals surface area contributed by atoms with Gasteiger partial charge >= 0.3 is 5.97 Å². The van der Waals surface area contributed by atoms with E-state index in [0.717, 1.165) is 0 Å². The van der Waals surface area contributed by atoms with Crippen LogP contribution in [0.15, 0.2) is 35.9 Å². The average molecular weight is 177 g/mol. The molecular weight excluding hydrogens is 164 g/mol. The molecule has 1 rings (SSSR count). The fraction of sp³-hybridized carbons (Fsp3) is 0.182. The first-order chi connectivity index (χ1) is 6.66. The zero-order valence-corrected chi connectivity index (χ0v) is 7.45. The van der Waals surface area contributed by atoms with Gasteiger partial charge in [-0.3, -0.25) is 0 Å². The number of rotatable bonds is 3. The number of aliphatic carboxylic acids is 1. The zero-order valence-electron chi connectivity index (χ0n) is 8.45. The molecule has 0 bridgehead atoms. The van der Waals surface area contributed by atoms with Crippen molar-refractivity contribution in [3.05, 3.63) is 41.5 Å². The molecule has 0 radical (unpaired) electrons. The standard InChI is InChI=1S/C11H12O2/c1-2-10(11(12)13)8-9-6-4-3-5-7-9/h3-8H,2H2,1H3,(H,12,13)/b10-8+/i8D. The SMILES string of the molecule is [2H]/C(=C(/CC)C(=O)O)c1ccccc1. The monoisotopic (exact) mass is 177 g/mol. The lowest BCUT2D eigenvalue weighted by atomic mass is 10.1. The van der Waals surface area contributed by atoms with Crippen LogP contribution in [-0.2, 0) is 4.79 Å². The van der Waals surface area contributed by atoms with E-state index in [-0.39, 0.29) is 11.6 Å². The first kappa shape index (κ1) is 8.05. The molecule has 1 aromatic rings. The van der Waals surface area contributed by atoms with Crippen LogP contribution in [0.25, 0.3) is 6.05 Å². The number of carbonyl (C=O) groups is 1. The molecule has 2 heteroatoms. The van der Waals surface area contributed by atoms with Gasteiger partial charge in [-0.1, -0.05) is 37.3 Å². The molecule has 1 aromatic carbocycles. The number of hydrogen-bond donors (Lipinski definition) is 1.